The fraction of sp³-hybridized carbons (Fsp3) is 0.556. The Morgan fingerprint density at radius 2 is 2.38 bits per heavy atom. The maximum atomic E-state index is 5.17. The van der Waals surface area contributed by atoms with E-state index in [2.05, 4.69) is 20.3 Å². The number of aromatic nitrogens is 5. The predicted octanol–water partition coefficient (Wildman–Crippen LogP) is 1.61. The molecule has 0 saturated carbocycles. The van der Waals surface area contributed by atoms with Gasteiger partial charge in [0.1, 0.15) is 6.33 Å². The van der Waals surface area contributed by atoms with E-state index < -0.39 is 0 Å². The molecule has 1 unspecified atom stereocenters. The Hall–Kier alpha value is -1.37. The van der Waals surface area contributed by atoms with Crippen molar-refractivity contribution in [3.63, 3.8) is 0 Å². The van der Waals surface area contributed by atoms with E-state index in [9.17, 15) is 0 Å². The molecule has 86 valence electrons. The van der Waals surface area contributed by atoms with Crippen LogP contribution in [0.1, 0.15) is 30.8 Å². The summed E-state index contributed by atoms with van der Waals surface area (Å²) in [5.74, 6) is 1.37. The van der Waals surface area contributed by atoms with Crippen LogP contribution in [0.25, 0.3) is 0 Å². The summed E-state index contributed by atoms with van der Waals surface area (Å²) in [7, 11) is 1.90. The molecule has 2 aromatic heterocycles. The lowest BCUT2D eigenvalue weighted by molar-refractivity contribution is 0.375. The van der Waals surface area contributed by atoms with Gasteiger partial charge in [-0.05, 0) is 6.92 Å². The average molecular weight is 239 g/mol. The van der Waals surface area contributed by atoms with E-state index in [1.165, 1.54) is 0 Å². The second-order valence-corrected chi connectivity index (χ2v) is 4.69. The van der Waals surface area contributed by atoms with Crippen molar-refractivity contribution in [2.75, 3.05) is 0 Å². The highest BCUT2D eigenvalue weighted by Gasteiger charge is 2.17. The molecule has 1 atom stereocenters. The van der Waals surface area contributed by atoms with Crippen molar-refractivity contribution in [1.29, 1.82) is 0 Å². The van der Waals surface area contributed by atoms with Gasteiger partial charge in [0.05, 0.1) is 5.25 Å². The van der Waals surface area contributed by atoms with Crippen molar-refractivity contribution >= 4 is 11.8 Å². The lowest BCUT2D eigenvalue weighted by atomic mass is 10.4. The largest absolute Gasteiger partial charge is 0.338 e. The van der Waals surface area contributed by atoms with E-state index in [1.54, 1.807) is 18.1 Å². The van der Waals surface area contributed by atoms with Crippen LogP contribution < -0.4 is 0 Å². The molecule has 0 fully saturated rings. The minimum absolute atomic E-state index is 0.0794. The van der Waals surface area contributed by atoms with E-state index in [-0.39, 0.29) is 5.25 Å². The molecule has 0 radical (unpaired) electrons. The SMILES string of the molecule is CCc1noc(C(C)Sc2nncn2C)n1. The summed E-state index contributed by atoms with van der Waals surface area (Å²) in [5.41, 5.74) is 0. The van der Waals surface area contributed by atoms with Crippen LogP contribution in [0.2, 0.25) is 0 Å². The molecule has 2 aromatic rings. The predicted molar refractivity (Wildman–Crippen MR) is 59.0 cm³/mol. The second kappa shape index (κ2) is 4.65. The van der Waals surface area contributed by atoms with E-state index in [0.29, 0.717) is 5.89 Å². The van der Waals surface area contributed by atoms with E-state index in [4.69, 9.17) is 4.52 Å². The zero-order valence-electron chi connectivity index (χ0n) is 9.41. The number of hydrogen-bond donors (Lipinski definition) is 0. The summed E-state index contributed by atoms with van der Waals surface area (Å²) in [5, 5.41) is 12.6. The van der Waals surface area contributed by atoms with Crippen LogP contribution >= 0.6 is 11.8 Å². The quantitative estimate of drug-likeness (QED) is 0.755. The fourth-order valence-electron chi connectivity index (χ4n) is 1.16. The maximum Gasteiger partial charge on any atom is 0.239 e. The molecular formula is C9H13N5OS. The lowest BCUT2D eigenvalue weighted by Crippen LogP contribution is -1.94. The van der Waals surface area contributed by atoms with Crippen LogP contribution in [0.3, 0.4) is 0 Å². The molecule has 0 aliphatic carbocycles. The monoisotopic (exact) mass is 239 g/mol. The zero-order valence-corrected chi connectivity index (χ0v) is 10.2. The van der Waals surface area contributed by atoms with Crippen LogP contribution in [-0.4, -0.2) is 24.9 Å². The summed E-state index contributed by atoms with van der Waals surface area (Å²) in [6, 6.07) is 0. The van der Waals surface area contributed by atoms with E-state index in [1.807, 2.05) is 25.5 Å². The molecule has 0 aromatic carbocycles. The Kier molecular flexibility index (Phi) is 3.23. The minimum Gasteiger partial charge on any atom is -0.338 e. The highest BCUT2D eigenvalue weighted by molar-refractivity contribution is 7.99. The molecule has 7 heteroatoms. The Balaban J connectivity index is 2.08. The van der Waals surface area contributed by atoms with Gasteiger partial charge in [0.2, 0.25) is 5.89 Å². The summed E-state index contributed by atoms with van der Waals surface area (Å²) in [6.45, 7) is 4.00. The van der Waals surface area contributed by atoms with Crippen molar-refractivity contribution in [2.24, 2.45) is 7.05 Å². The summed E-state index contributed by atoms with van der Waals surface area (Å²) >= 11 is 1.55. The Morgan fingerprint density at radius 1 is 1.56 bits per heavy atom. The maximum absolute atomic E-state index is 5.17. The molecule has 0 aliphatic heterocycles. The molecule has 6 nitrogen and oxygen atoms in total. The molecule has 0 bridgehead atoms. The van der Waals surface area contributed by atoms with Crippen molar-refractivity contribution in [2.45, 2.75) is 30.7 Å². The highest BCUT2D eigenvalue weighted by Crippen LogP contribution is 2.31. The van der Waals surface area contributed by atoms with Crippen molar-refractivity contribution in [3.8, 4) is 0 Å². The van der Waals surface area contributed by atoms with Gasteiger partial charge in [-0.2, -0.15) is 4.98 Å². The highest BCUT2D eigenvalue weighted by atomic mass is 32.2. The van der Waals surface area contributed by atoms with Crippen LogP contribution in [0.15, 0.2) is 16.0 Å². The van der Waals surface area contributed by atoms with Gasteiger partial charge in [0.25, 0.3) is 0 Å². The summed E-state index contributed by atoms with van der Waals surface area (Å²) in [6.07, 6.45) is 2.45. The van der Waals surface area contributed by atoms with Gasteiger partial charge in [0.15, 0.2) is 11.0 Å². The third-order valence-electron chi connectivity index (χ3n) is 2.10. The van der Waals surface area contributed by atoms with Gasteiger partial charge in [-0.1, -0.05) is 23.8 Å². The fourth-order valence-corrected chi connectivity index (χ4v) is 1.98. The normalized spacial score (nSPS) is 12.9. The van der Waals surface area contributed by atoms with E-state index >= 15 is 0 Å². The molecule has 0 N–H and O–H groups in total. The van der Waals surface area contributed by atoms with Gasteiger partial charge in [0, 0.05) is 13.5 Å². The molecule has 16 heavy (non-hydrogen) atoms. The second-order valence-electron chi connectivity index (χ2n) is 3.39. The standard InChI is InChI=1S/C9H13N5OS/c1-4-7-11-8(15-13-7)6(2)16-9-12-10-5-14(9)3/h5-6H,4H2,1-3H3. The lowest BCUT2D eigenvalue weighted by Gasteiger charge is -2.04. The smallest absolute Gasteiger partial charge is 0.239 e. The first-order valence-electron chi connectivity index (χ1n) is 5.03. The topological polar surface area (TPSA) is 69.6 Å². The number of nitrogens with zero attached hydrogens (tertiary/aromatic N) is 5. The van der Waals surface area contributed by atoms with Gasteiger partial charge >= 0.3 is 0 Å². The molecule has 0 amide bonds. The number of rotatable bonds is 4. The van der Waals surface area contributed by atoms with Gasteiger partial charge in [-0.15, -0.1) is 10.2 Å². The Morgan fingerprint density at radius 3 is 2.94 bits per heavy atom. The third kappa shape index (κ3) is 2.24. The first kappa shape index (κ1) is 11.1. The van der Waals surface area contributed by atoms with E-state index in [0.717, 1.165) is 17.4 Å². The first-order chi connectivity index (χ1) is 7.70. The molecule has 0 saturated heterocycles. The summed E-state index contributed by atoms with van der Waals surface area (Å²) in [4.78, 5) is 4.28. The molecule has 0 spiro atoms. The average Bonchev–Trinajstić information content (AvgIpc) is 2.88. The molecular weight excluding hydrogens is 226 g/mol. The zero-order chi connectivity index (χ0) is 11.5. The van der Waals surface area contributed by atoms with Crippen LogP contribution in [0.5, 0.6) is 0 Å². The first-order valence-corrected chi connectivity index (χ1v) is 5.91. The number of thioether (sulfide) groups is 1. The Labute approximate surface area is 97.4 Å². The van der Waals surface area contributed by atoms with Gasteiger partial charge < -0.3 is 9.09 Å². The van der Waals surface area contributed by atoms with Crippen LogP contribution in [-0.2, 0) is 13.5 Å². The summed E-state index contributed by atoms with van der Waals surface area (Å²) < 4.78 is 7.03. The van der Waals surface area contributed by atoms with Crippen molar-refractivity contribution < 1.29 is 4.52 Å². The van der Waals surface area contributed by atoms with Gasteiger partial charge in [-0.25, -0.2) is 0 Å². The van der Waals surface area contributed by atoms with Crippen LogP contribution in [0.4, 0.5) is 0 Å². The third-order valence-corrected chi connectivity index (χ3v) is 3.24. The van der Waals surface area contributed by atoms with Gasteiger partial charge in [-0.3, -0.25) is 0 Å². The molecule has 2 rings (SSSR count). The number of aryl methyl sites for hydroxylation is 2. The van der Waals surface area contributed by atoms with Crippen LogP contribution in [0, 0.1) is 0 Å². The van der Waals surface area contributed by atoms with Crippen molar-refractivity contribution in [3.05, 3.63) is 18.0 Å². The number of hydrogen-bond acceptors (Lipinski definition) is 6. The minimum atomic E-state index is 0.0794. The Bertz CT molecular complexity index is 466. The van der Waals surface area contributed by atoms with Crippen molar-refractivity contribution in [1.82, 2.24) is 24.9 Å². The molecule has 0 aliphatic rings. The molecule has 2 heterocycles.